The van der Waals surface area contributed by atoms with Crippen molar-refractivity contribution in [3.63, 3.8) is 0 Å². The van der Waals surface area contributed by atoms with E-state index >= 15 is 0 Å². The predicted molar refractivity (Wildman–Crippen MR) is 45.7 cm³/mol. The number of nitrogens with zero attached hydrogens (tertiary/aromatic N) is 2. The summed E-state index contributed by atoms with van der Waals surface area (Å²) in [5, 5.41) is 8.52. The van der Waals surface area contributed by atoms with E-state index in [1.54, 1.807) is 0 Å². The van der Waals surface area contributed by atoms with E-state index in [1.165, 1.54) is 0 Å². The monoisotopic (exact) mass is 215 g/mol. The van der Waals surface area contributed by atoms with Crippen molar-refractivity contribution >= 4 is 7.25 Å². The number of halogens is 4. The highest BCUT2D eigenvalue weighted by Crippen LogP contribution is 2.06. The molecule has 0 aromatic carbocycles. The van der Waals surface area contributed by atoms with Crippen molar-refractivity contribution in [3.05, 3.63) is 12.4 Å². The fraction of sp³-hybridized carbons (Fsp3) is 0.667. The van der Waals surface area contributed by atoms with Crippen LogP contribution in [0.4, 0.5) is 17.3 Å². The van der Waals surface area contributed by atoms with Crippen molar-refractivity contribution in [2.75, 3.05) is 26.9 Å². The third kappa shape index (κ3) is 9.18. The second-order valence-electron chi connectivity index (χ2n) is 2.73. The van der Waals surface area contributed by atoms with Crippen LogP contribution in [0.3, 0.4) is 0 Å². The van der Waals surface area contributed by atoms with E-state index in [4.69, 9.17) is 5.11 Å². The second kappa shape index (κ2) is 5.74. The lowest BCUT2D eigenvalue weighted by molar-refractivity contribution is 0.217. The van der Waals surface area contributed by atoms with Gasteiger partial charge < -0.3 is 32.2 Å². The number of aliphatic hydroxyl groups excluding tert-OH is 1. The molecule has 0 saturated heterocycles. The topological polar surface area (TPSA) is 26.7 Å². The molecule has 0 atom stereocenters. The zero-order valence-corrected chi connectivity index (χ0v) is 7.71. The van der Waals surface area contributed by atoms with Crippen LogP contribution in [0.15, 0.2) is 12.4 Å². The Kier molecular flexibility index (Phi) is 5.36. The lowest BCUT2D eigenvalue weighted by Crippen LogP contribution is -2.24. The Morgan fingerprint density at radius 3 is 2.07 bits per heavy atom. The van der Waals surface area contributed by atoms with Crippen LogP contribution in [-0.2, 0) is 0 Å². The Morgan fingerprint density at radius 1 is 1.29 bits per heavy atom. The van der Waals surface area contributed by atoms with Gasteiger partial charge in [-0.25, -0.2) is 0 Å². The van der Waals surface area contributed by atoms with Gasteiger partial charge in [0.2, 0.25) is 0 Å². The van der Waals surface area contributed by atoms with Crippen LogP contribution in [0.1, 0.15) is 0 Å². The van der Waals surface area contributed by atoms with E-state index in [0.29, 0.717) is 0 Å². The third-order valence-corrected chi connectivity index (χ3v) is 1.32. The summed E-state index contributed by atoms with van der Waals surface area (Å²) in [7, 11) is -3.99. The molecule has 1 rings (SSSR count). The number of rotatable bonds is 2. The molecule has 1 aliphatic heterocycles. The highest BCUT2D eigenvalue weighted by molar-refractivity contribution is 6.50. The highest BCUT2D eigenvalue weighted by atomic mass is 19.5. The van der Waals surface area contributed by atoms with E-state index in [-0.39, 0.29) is 6.61 Å². The Morgan fingerprint density at radius 2 is 1.79 bits per heavy atom. The number of hydrogen-bond donors (Lipinski definition) is 1. The average Bonchev–Trinajstić information content (AvgIpc) is 2.32. The minimum atomic E-state index is -6.00. The number of hydrogen-bond acceptors (Lipinski definition) is 3. The minimum absolute atomic E-state index is 0.234. The Bertz CT molecular complexity index is 181. The molecular weight excluding hydrogens is 203 g/mol. The van der Waals surface area contributed by atoms with Gasteiger partial charge in [-0.1, -0.05) is 0 Å². The van der Waals surface area contributed by atoms with Gasteiger partial charge in [-0.05, 0) is 0 Å². The Balaban J connectivity index is 0.000000292. The van der Waals surface area contributed by atoms with Crippen LogP contribution >= 0.6 is 0 Å². The molecular formula is C6H12BF4N2O-. The van der Waals surface area contributed by atoms with Gasteiger partial charge >= 0.3 is 7.25 Å². The van der Waals surface area contributed by atoms with E-state index in [0.717, 1.165) is 13.2 Å². The normalized spacial score (nSPS) is 15.6. The van der Waals surface area contributed by atoms with Crippen LogP contribution in [0.25, 0.3) is 0 Å². The summed E-state index contributed by atoms with van der Waals surface area (Å²) in [6.07, 6.45) is 3.98. The summed E-state index contributed by atoms with van der Waals surface area (Å²) in [4.78, 5) is 4.12. The standard InChI is InChI=1S/C6H12N2O.BF4/c1-7-2-3-8(6-7)4-5-9;2-1(3,4)5/h2-3,9H,4-6H2,1H3;/q;-1. The van der Waals surface area contributed by atoms with Gasteiger partial charge in [0.05, 0.1) is 13.3 Å². The van der Waals surface area contributed by atoms with E-state index in [9.17, 15) is 17.3 Å². The van der Waals surface area contributed by atoms with Crippen molar-refractivity contribution in [3.8, 4) is 0 Å². The van der Waals surface area contributed by atoms with Crippen molar-refractivity contribution in [2.45, 2.75) is 0 Å². The van der Waals surface area contributed by atoms with E-state index in [1.807, 2.05) is 19.4 Å². The SMILES string of the molecule is CN1C=CN(CCO)C1.F[B-](F)(F)F. The first-order valence-electron chi connectivity index (χ1n) is 3.93. The first kappa shape index (κ1) is 13.1. The van der Waals surface area contributed by atoms with Gasteiger partial charge in [-0.15, -0.1) is 0 Å². The quantitative estimate of drug-likeness (QED) is 0.548. The molecule has 0 fully saturated rings. The first-order chi connectivity index (χ1) is 6.33. The Hall–Kier alpha value is -0.915. The van der Waals surface area contributed by atoms with Crippen LogP contribution in [0.2, 0.25) is 0 Å². The fourth-order valence-corrected chi connectivity index (χ4v) is 0.863. The molecule has 3 nitrogen and oxygen atoms in total. The smallest absolute Gasteiger partial charge is 0.418 e. The molecule has 1 N–H and O–H groups in total. The molecule has 0 amide bonds. The summed E-state index contributed by atoms with van der Waals surface area (Å²) in [6.45, 7) is 1.87. The molecule has 14 heavy (non-hydrogen) atoms. The second-order valence-corrected chi connectivity index (χ2v) is 2.73. The van der Waals surface area contributed by atoms with Crippen LogP contribution in [0, 0.1) is 0 Å². The van der Waals surface area contributed by atoms with Crippen LogP contribution < -0.4 is 0 Å². The van der Waals surface area contributed by atoms with Crippen molar-refractivity contribution in [2.24, 2.45) is 0 Å². The lowest BCUT2D eigenvalue weighted by atomic mass is 10.3. The van der Waals surface area contributed by atoms with E-state index < -0.39 is 7.25 Å². The maximum Gasteiger partial charge on any atom is 0.673 e. The summed E-state index contributed by atoms with van der Waals surface area (Å²) >= 11 is 0. The van der Waals surface area contributed by atoms with Gasteiger partial charge in [0.25, 0.3) is 0 Å². The minimum Gasteiger partial charge on any atom is -0.418 e. The van der Waals surface area contributed by atoms with Gasteiger partial charge in [0.1, 0.15) is 0 Å². The van der Waals surface area contributed by atoms with Gasteiger partial charge in [0.15, 0.2) is 0 Å². The number of β-amino-alcohol motifs (C(OH)–C–C–N with tert-alkyl or cyclic N) is 1. The third-order valence-electron chi connectivity index (χ3n) is 1.32. The summed E-state index contributed by atoms with van der Waals surface area (Å²) in [6, 6.07) is 0. The van der Waals surface area contributed by atoms with E-state index in [2.05, 4.69) is 9.80 Å². The summed E-state index contributed by atoms with van der Waals surface area (Å²) in [5.74, 6) is 0. The molecule has 8 heteroatoms. The molecule has 0 bridgehead atoms. The first-order valence-corrected chi connectivity index (χ1v) is 3.93. The summed E-state index contributed by atoms with van der Waals surface area (Å²) < 4.78 is 39.0. The molecule has 0 unspecified atom stereocenters. The fourth-order valence-electron chi connectivity index (χ4n) is 0.863. The lowest BCUT2D eigenvalue weighted by Gasteiger charge is -2.15. The Labute approximate surface area is 79.7 Å². The number of aliphatic hydroxyl groups is 1. The largest absolute Gasteiger partial charge is 0.673 e. The molecule has 0 radical (unpaired) electrons. The van der Waals surface area contributed by atoms with Crippen molar-refractivity contribution in [1.29, 1.82) is 0 Å². The average molecular weight is 215 g/mol. The van der Waals surface area contributed by atoms with Crippen LogP contribution in [0.5, 0.6) is 0 Å². The van der Waals surface area contributed by atoms with Gasteiger partial charge in [0, 0.05) is 26.0 Å². The van der Waals surface area contributed by atoms with Crippen LogP contribution in [-0.4, -0.2) is 49.0 Å². The molecule has 84 valence electrons. The zero-order valence-electron chi connectivity index (χ0n) is 7.71. The van der Waals surface area contributed by atoms with Crippen molar-refractivity contribution < 1.29 is 22.4 Å². The molecule has 0 aromatic heterocycles. The molecule has 0 aromatic rings. The van der Waals surface area contributed by atoms with Crippen molar-refractivity contribution in [1.82, 2.24) is 9.80 Å². The molecule has 0 aliphatic carbocycles. The molecule has 0 spiro atoms. The maximum atomic E-state index is 9.75. The predicted octanol–water partition coefficient (Wildman–Crippen LogP) is 0.955. The van der Waals surface area contributed by atoms with Gasteiger partial charge in [-0.3, -0.25) is 0 Å². The van der Waals surface area contributed by atoms with Gasteiger partial charge in [-0.2, -0.15) is 0 Å². The molecule has 0 saturated carbocycles. The maximum absolute atomic E-state index is 9.75. The molecule has 1 aliphatic rings. The molecule has 1 heterocycles. The highest BCUT2D eigenvalue weighted by Gasteiger charge is 2.20. The summed E-state index contributed by atoms with van der Waals surface area (Å²) in [5.41, 5.74) is 0. The zero-order chi connectivity index (χ0) is 11.2.